The number of ether oxygens (including phenoxy) is 3. The topological polar surface area (TPSA) is 82.4 Å². The third-order valence-corrected chi connectivity index (χ3v) is 7.79. The van der Waals surface area contributed by atoms with Gasteiger partial charge in [0.15, 0.2) is 4.80 Å². The minimum Gasteiger partial charge on any atom is -0.496 e. The summed E-state index contributed by atoms with van der Waals surface area (Å²) >= 11 is 7.63. The summed E-state index contributed by atoms with van der Waals surface area (Å²) in [6.45, 7) is 6.82. The van der Waals surface area contributed by atoms with Crippen LogP contribution in [0.15, 0.2) is 63.5 Å². The zero-order valence-corrected chi connectivity index (χ0v) is 23.0. The number of benzene rings is 2. The van der Waals surface area contributed by atoms with E-state index in [0.717, 1.165) is 24.3 Å². The number of halogens is 1. The van der Waals surface area contributed by atoms with Gasteiger partial charge in [-0.3, -0.25) is 9.36 Å². The number of carbonyl (C=O) groups excluding carboxylic acids is 1. The number of morpholine rings is 1. The number of anilines is 1. The van der Waals surface area contributed by atoms with Gasteiger partial charge in [-0.05, 0) is 55.8 Å². The van der Waals surface area contributed by atoms with Gasteiger partial charge >= 0.3 is 5.97 Å². The number of aromatic nitrogens is 1. The van der Waals surface area contributed by atoms with E-state index in [1.54, 1.807) is 32.0 Å². The number of methoxy groups -OCH3 is 1. The molecule has 0 radical (unpaired) electrons. The van der Waals surface area contributed by atoms with Crippen LogP contribution in [0.2, 0.25) is 5.02 Å². The van der Waals surface area contributed by atoms with Crippen molar-refractivity contribution in [1.29, 1.82) is 0 Å². The first-order valence-electron chi connectivity index (χ1n) is 12.4. The molecule has 2 aliphatic heterocycles. The summed E-state index contributed by atoms with van der Waals surface area (Å²) in [4.78, 5) is 34.4. The van der Waals surface area contributed by atoms with Crippen LogP contribution in [0.1, 0.15) is 31.0 Å². The van der Waals surface area contributed by atoms with Crippen molar-refractivity contribution in [2.45, 2.75) is 19.9 Å². The SMILES string of the molecule is CCOC(=O)C1=C(C)N=c2s/c(=C\c3ccc(N4CCOCC4)cc3)c(=O)n2[C@@H]1c1cc(Cl)ccc1OC. The minimum atomic E-state index is -0.801. The molecule has 1 fully saturated rings. The quantitative estimate of drug-likeness (QED) is 0.436. The number of carbonyl (C=O) groups is 1. The number of fused-ring (bicyclic) bond motifs is 1. The molecule has 0 amide bonds. The third kappa shape index (κ3) is 5.01. The summed E-state index contributed by atoms with van der Waals surface area (Å²) in [5, 5.41) is 0.459. The van der Waals surface area contributed by atoms with Crippen LogP contribution in [-0.4, -0.2) is 50.6 Å². The standard InChI is InChI=1S/C28H28ClN3O5S/c1-4-37-27(34)24-17(2)30-28-32(25(24)21-16-19(29)7-10-22(21)35-3)26(33)23(38-28)15-18-5-8-20(9-6-18)31-11-13-36-14-12-31/h5-10,15-16,25H,4,11-14H2,1-3H3/b23-15-/t25-/m1/s1. The van der Waals surface area contributed by atoms with Crippen molar-refractivity contribution >= 4 is 40.7 Å². The van der Waals surface area contributed by atoms with E-state index in [-0.39, 0.29) is 17.7 Å². The maximum Gasteiger partial charge on any atom is 0.338 e. The largest absolute Gasteiger partial charge is 0.496 e. The number of allylic oxidation sites excluding steroid dienone is 1. The summed E-state index contributed by atoms with van der Waals surface area (Å²) in [5.74, 6) is -0.0297. The third-order valence-electron chi connectivity index (χ3n) is 6.57. The van der Waals surface area contributed by atoms with Crippen LogP contribution in [0, 0.1) is 0 Å². The molecule has 1 saturated heterocycles. The predicted octanol–water partition coefficient (Wildman–Crippen LogP) is 3.30. The molecule has 0 N–H and O–H groups in total. The second-order valence-corrected chi connectivity index (χ2v) is 10.3. The zero-order chi connectivity index (χ0) is 26.8. The average molecular weight is 554 g/mol. The lowest BCUT2D eigenvalue weighted by molar-refractivity contribution is -0.139. The van der Waals surface area contributed by atoms with Crippen LogP contribution >= 0.6 is 22.9 Å². The molecule has 3 aromatic rings. The van der Waals surface area contributed by atoms with E-state index in [1.165, 1.54) is 23.0 Å². The van der Waals surface area contributed by atoms with Crippen molar-refractivity contribution < 1.29 is 19.0 Å². The van der Waals surface area contributed by atoms with Gasteiger partial charge in [-0.2, -0.15) is 0 Å². The van der Waals surface area contributed by atoms with E-state index in [1.807, 2.05) is 18.2 Å². The first-order valence-corrected chi connectivity index (χ1v) is 13.6. The summed E-state index contributed by atoms with van der Waals surface area (Å²) in [7, 11) is 1.54. The fourth-order valence-corrected chi connectivity index (χ4v) is 5.99. The van der Waals surface area contributed by atoms with Crippen molar-refractivity contribution in [2.75, 3.05) is 44.9 Å². The van der Waals surface area contributed by atoms with Gasteiger partial charge < -0.3 is 19.1 Å². The lowest BCUT2D eigenvalue weighted by Crippen LogP contribution is -2.40. The molecule has 0 saturated carbocycles. The lowest BCUT2D eigenvalue weighted by Gasteiger charge is -2.28. The fourth-order valence-electron chi connectivity index (χ4n) is 4.76. The Morgan fingerprint density at radius 3 is 2.63 bits per heavy atom. The molecule has 0 aliphatic carbocycles. The molecule has 198 valence electrons. The van der Waals surface area contributed by atoms with E-state index in [0.29, 0.717) is 44.6 Å². The number of nitrogens with zero attached hydrogens (tertiary/aromatic N) is 3. The van der Waals surface area contributed by atoms with E-state index in [9.17, 15) is 9.59 Å². The second kappa shape index (κ2) is 11.1. The maximum absolute atomic E-state index is 13.8. The van der Waals surface area contributed by atoms with Crippen LogP contribution < -0.4 is 24.5 Å². The lowest BCUT2D eigenvalue weighted by atomic mass is 9.95. The zero-order valence-electron chi connectivity index (χ0n) is 21.4. The van der Waals surface area contributed by atoms with Crippen LogP contribution in [0.5, 0.6) is 5.75 Å². The van der Waals surface area contributed by atoms with Crippen LogP contribution in [-0.2, 0) is 14.3 Å². The van der Waals surface area contributed by atoms with Crippen LogP contribution in [0.25, 0.3) is 6.08 Å². The minimum absolute atomic E-state index is 0.194. The highest BCUT2D eigenvalue weighted by molar-refractivity contribution is 7.07. The van der Waals surface area contributed by atoms with E-state index in [2.05, 4.69) is 22.0 Å². The second-order valence-electron chi connectivity index (χ2n) is 8.88. The Kier molecular flexibility index (Phi) is 7.69. The number of thiazole rings is 1. The molecular formula is C28H28ClN3O5S. The highest BCUT2D eigenvalue weighted by Gasteiger charge is 2.35. The Hall–Kier alpha value is -3.40. The van der Waals surface area contributed by atoms with Gasteiger partial charge in [-0.1, -0.05) is 35.1 Å². The molecule has 0 spiro atoms. The Morgan fingerprint density at radius 2 is 1.95 bits per heavy atom. The molecule has 5 rings (SSSR count). The van der Waals surface area contributed by atoms with Crippen LogP contribution in [0.3, 0.4) is 0 Å². The first kappa shape index (κ1) is 26.2. The molecule has 3 heterocycles. The summed E-state index contributed by atoms with van der Waals surface area (Å²) < 4.78 is 18.4. The van der Waals surface area contributed by atoms with Crippen molar-refractivity contribution in [3.8, 4) is 5.75 Å². The molecular weight excluding hydrogens is 526 g/mol. The molecule has 0 unspecified atom stereocenters. The molecule has 0 bridgehead atoms. The fraction of sp³-hybridized carbons (Fsp3) is 0.321. The smallest absolute Gasteiger partial charge is 0.338 e. The summed E-state index contributed by atoms with van der Waals surface area (Å²) in [5.41, 5.74) is 3.10. The van der Waals surface area contributed by atoms with Crippen molar-refractivity contribution in [1.82, 2.24) is 4.57 Å². The van der Waals surface area contributed by atoms with E-state index < -0.39 is 12.0 Å². The number of rotatable bonds is 6. The monoisotopic (exact) mass is 553 g/mol. The highest BCUT2D eigenvalue weighted by Crippen LogP contribution is 2.37. The van der Waals surface area contributed by atoms with Gasteiger partial charge in [-0.15, -0.1) is 0 Å². The normalized spacial score (nSPS) is 17.7. The molecule has 8 nitrogen and oxygen atoms in total. The number of esters is 1. The van der Waals surface area contributed by atoms with Crippen molar-refractivity contribution in [3.05, 3.63) is 89.6 Å². The predicted molar refractivity (Wildman–Crippen MR) is 148 cm³/mol. The molecule has 2 aromatic carbocycles. The van der Waals surface area contributed by atoms with E-state index >= 15 is 0 Å². The molecule has 10 heteroatoms. The number of hydrogen-bond donors (Lipinski definition) is 0. The van der Waals surface area contributed by atoms with Crippen LogP contribution in [0.4, 0.5) is 5.69 Å². The Balaban J connectivity index is 1.63. The first-order chi connectivity index (χ1) is 18.4. The Morgan fingerprint density at radius 1 is 1.21 bits per heavy atom. The number of hydrogen-bond acceptors (Lipinski definition) is 8. The Bertz CT molecular complexity index is 1570. The molecule has 38 heavy (non-hydrogen) atoms. The molecule has 2 aliphatic rings. The van der Waals surface area contributed by atoms with Gasteiger partial charge in [0.25, 0.3) is 5.56 Å². The Labute approximate surface area is 229 Å². The van der Waals surface area contributed by atoms with E-state index in [4.69, 9.17) is 25.8 Å². The van der Waals surface area contributed by atoms with Gasteiger partial charge in [0, 0.05) is 29.4 Å². The van der Waals surface area contributed by atoms with Crippen molar-refractivity contribution in [3.63, 3.8) is 0 Å². The van der Waals surface area contributed by atoms with Gasteiger partial charge in [0.05, 0.1) is 42.7 Å². The van der Waals surface area contributed by atoms with Gasteiger partial charge in [-0.25, -0.2) is 9.79 Å². The summed E-state index contributed by atoms with van der Waals surface area (Å²) in [6, 6.07) is 12.4. The average Bonchev–Trinajstić information content (AvgIpc) is 3.23. The van der Waals surface area contributed by atoms with Gasteiger partial charge in [0.1, 0.15) is 11.8 Å². The maximum atomic E-state index is 13.8. The molecule has 1 aromatic heterocycles. The van der Waals surface area contributed by atoms with Gasteiger partial charge in [0.2, 0.25) is 0 Å². The highest BCUT2D eigenvalue weighted by atomic mass is 35.5. The summed E-state index contributed by atoms with van der Waals surface area (Å²) in [6.07, 6.45) is 1.85. The van der Waals surface area contributed by atoms with Crippen molar-refractivity contribution in [2.24, 2.45) is 4.99 Å². The molecule has 1 atom stereocenters.